The number of urea groups is 1. The van der Waals surface area contributed by atoms with Crippen molar-refractivity contribution in [3.63, 3.8) is 0 Å². The van der Waals surface area contributed by atoms with Crippen LogP contribution in [0.3, 0.4) is 0 Å². The van der Waals surface area contributed by atoms with E-state index < -0.39 is 0 Å². The van der Waals surface area contributed by atoms with Gasteiger partial charge in [-0.15, -0.1) is 11.3 Å². The molecule has 0 bridgehead atoms. The van der Waals surface area contributed by atoms with Gasteiger partial charge in [-0.3, -0.25) is 4.79 Å². The first-order valence-corrected chi connectivity index (χ1v) is 8.71. The van der Waals surface area contributed by atoms with Crippen LogP contribution in [0.5, 0.6) is 0 Å². The third-order valence-corrected chi connectivity index (χ3v) is 4.04. The zero-order chi connectivity index (χ0) is 17.6. The van der Waals surface area contributed by atoms with Crippen molar-refractivity contribution in [1.29, 1.82) is 0 Å². The summed E-state index contributed by atoms with van der Waals surface area (Å²) < 4.78 is 0. The molecule has 128 valence electrons. The Balaban J connectivity index is 1.86. The minimum Gasteiger partial charge on any atom is -0.347 e. The summed E-state index contributed by atoms with van der Waals surface area (Å²) in [6.07, 6.45) is 0.805. The molecule has 0 saturated heterocycles. The Bertz CT molecular complexity index is 691. The van der Waals surface area contributed by atoms with Crippen LogP contribution in [0.4, 0.5) is 10.5 Å². The molecule has 0 saturated carbocycles. The largest absolute Gasteiger partial charge is 0.347 e. The van der Waals surface area contributed by atoms with Gasteiger partial charge in [0.05, 0.1) is 0 Å². The summed E-state index contributed by atoms with van der Waals surface area (Å²) in [5.41, 5.74) is 0.797. The third kappa shape index (κ3) is 6.04. The van der Waals surface area contributed by atoms with Gasteiger partial charge in [-0.2, -0.15) is 0 Å². The van der Waals surface area contributed by atoms with Crippen LogP contribution in [0.15, 0.2) is 41.8 Å². The minimum atomic E-state index is -0.306. The zero-order valence-corrected chi connectivity index (χ0v) is 15.0. The van der Waals surface area contributed by atoms with E-state index in [9.17, 15) is 9.59 Å². The number of hydrogen-bond donors (Lipinski definition) is 3. The van der Waals surface area contributed by atoms with Gasteiger partial charge in [0.2, 0.25) is 0 Å². The molecule has 2 rings (SSSR count). The number of carbonyl (C=O) groups is 2. The van der Waals surface area contributed by atoms with Crippen LogP contribution in [-0.4, -0.2) is 24.0 Å². The smallest absolute Gasteiger partial charge is 0.319 e. The van der Waals surface area contributed by atoms with E-state index >= 15 is 0 Å². The van der Waals surface area contributed by atoms with Gasteiger partial charge < -0.3 is 16.0 Å². The fourth-order valence-electron chi connectivity index (χ4n) is 2.08. The molecular formula is C18H23N3O2S. The SMILES string of the molecule is CC(C)(C)NC(=O)c1cccc(NC(=O)NCCc2cccs2)c1. The van der Waals surface area contributed by atoms with E-state index in [0.29, 0.717) is 17.8 Å². The monoisotopic (exact) mass is 345 g/mol. The second-order valence-electron chi connectivity index (χ2n) is 6.50. The zero-order valence-electron chi connectivity index (χ0n) is 14.2. The first kappa shape index (κ1) is 18.0. The maximum Gasteiger partial charge on any atom is 0.319 e. The highest BCUT2D eigenvalue weighted by Gasteiger charge is 2.15. The number of anilines is 1. The van der Waals surface area contributed by atoms with Gasteiger partial charge in [-0.05, 0) is 56.8 Å². The van der Waals surface area contributed by atoms with Crippen LogP contribution in [0, 0.1) is 0 Å². The highest BCUT2D eigenvalue weighted by molar-refractivity contribution is 7.09. The standard InChI is InChI=1S/C18H23N3O2S/c1-18(2,3)21-16(22)13-6-4-7-14(12-13)20-17(23)19-10-9-15-8-5-11-24-15/h4-8,11-12H,9-10H2,1-3H3,(H,21,22)(H2,19,20,23). The third-order valence-electron chi connectivity index (χ3n) is 3.11. The molecule has 1 aromatic carbocycles. The highest BCUT2D eigenvalue weighted by atomic mass is 32.1. The van der Waals surface area contributed by atoms with E-state index in [1.54, 1.807) is 35.6 Å². The molecular weight excluding hydrogens is 322 g/mol. The van der Waals surface area contributed by atoms with Crippen molar-refractivity contribution in [2.45, 2.75) is 32.7 Å². The topological polar surface area (TPSA) is 70.2 Å². The molecule has 0 atom stereocenters. The molecule has 0 aliphatic heterocycles. The second kappa shape index (κ2) is 7.97. The summed E-state index contributed by atoms with van der Waals surface area (Å²) in [5.74, 6) is -0.163. The molecule has 6 heteroatoms. The van der Waals surface area contributed by atoms with E-state index in [1.165, 1.54) is 4.88 Å². The number of nitrogens with one attached hydrogen (secondary N) is 3. The van der Waals surface area contributed by atoms with E-state index in [-0.39, 0.29) is 17.5 Å². The van der Waals surface area contributed by atoms with Crippen molar-refractivity contribution in [3.8, 4) is 0 Å². The lowest BCUT2D eigenvalue weighted by atomic mass is 10.1. The lowest BCUT2D eigenvalue weighted by Crippen LogP contribution is -2.40. The Hall–Kier alpha value is -2.34. The van der Waals surface area contributed by atoms with Crippen molar-refractivity contribution in [1.82, 2.24) is 10.6 Å². The van der Waals surface area contributed by atoms with Crippen molar-refractivity contribution in [2.75, 3.05) is 11.9 Å². The predicted octanol–water partition coefficient (Wildman–Crippen LogP) is 3.64. The molecule has 3 amide bonds. The maximum absolute atomic E-state index is 12.2. The first-order chi connectivity index (χ1) is 11.3. The molecule has 0 radical (unpaired) electrons. The molecule has 0 unspecified atom stereocenters. The maximum atomic E-state index is 12.2. The van der Waals surface area contributed by atoms with Crippen LogP contribution >= 0.6 is 11.3 Å². The molecule has 2 aromatic rings. The minimum absolute atomic E-state index is 0.163. The fourth-order valence-corrected chi connectivity index (χ4v) is 2.79. The fraction of sp³-hybridized carbons (Fsp3) is 0.333. The predicted molar refractivity (Wildman–Crippen MR) is 98.7 cm³/mol. The van der Waals surface area contributed by atoms with Crippen molar-refractivity contribution < 1.29 is 9.59 Å². The molecule has 0 spiro atoms. The number of amides is 3. The number of hydrogen-bond acceptors (Lipinski definition) is 3. The second-order valence-corrected chi connectivity index (χ2v) is 7.53. The highest BCUT2D eigenvalue weighted by Crippen LogP contribution is 2.12. The molecule has 5 nitrogen and oxygen atoms in total. The summed E-state index contributed by atoms with van der Waals surface area (Å²) in [5, 5.41) is 10.5. The summed E-state index contributed by atoms with van der Waals surface area (Å²) in [4.78, 5) is 25.3. The summed E-state index contributed by atoms with van der Waals surface area (Å²) in [6, 6.07) is 10.7. The van der Waals surface area contributed by atoms with Crippen molar-refractivity contribution in [2.24, 2.45) is 0 Å². The molecule has 0 aliphatic carbocycles. The van der Waals surface area contributed by atoms with Crippen molar-refractivity contribution in [3.05, 3.63) is 52.2 Å². The van der Waals surface area contributed by atoms with Crippen LogP contribution in [0.1, 0.15) is 36.0 Å². The Morgan fingerprint density at radius 1 is 1.12 bits per heavy atom. The number of rotatable bonds is 5. The molecule has 1 heterocycles. The average Bonchev–Trinajstić information content (AvgIpc) is 2.99. The first-order valence-electron chi connectivity index (χ1n) is 7.83. The van der Waals surface area contributed by atoms with Crippen molar-refractivity contribution >= 4 is 29.0 Å². The number of benzene rings is 1. The molecule has 0 aliphatic rings. The van der Waals surface area contributed by atoms with E-state index in [4.69, 9.17) is 0 Å². The van der Waals surface area contributed by atoms with Gasteiger partial charge in [0.15, 0.2) is 0 Å². The number of thiophene rings is 1. The Kier molecular flexibility index (Phi) is 5.98. The Labute approximate surface area is 146 Å². The van der Waals surface area contributed by atoms with E-state index in [2.05, 4.69) is 16.0 Å². The number of carbonyl (C=O) groups excluding carboxylic acids is 2. The van der Waals surface area contributed by atoms with Gasteiger partial charge in [-0.1, -0.05) is 12.1 Å². The molecule has 24 heavy (non-hydrogen) atoms. The molecule has 1 aromatic heterocycles. The van der Waals surface area contributed by atoms with Gasteiger partial charge >= 0.3 is 6.03 Å². The van der Waals surface area contributed by atoms with Gasteiger partial charge in [0.1, 0.15) is 0 Å². The van der Waals surface area contributed by atoms with Gasteiger partial charge in [0, 0.05) is 28.2 Å². The normalized spacial score (nSPS) is 11.0. The Morgan fingerprint density at radius 3 is 2.58 bits per heavy atom. The van der Waals surface area contributed by atoms with Gasteiger partial charge in [0.25, 0.3) is 5.91 Å². The molecule has 3 N–H and O–H groups in total. The van der Waals surface area contributed by atoms with E-state index in [1.807, 2.05) is 38.3 Å². The lowest BCUT2D eigenvalue weighted by molar-refractivity contribution is 0.0919. The van der Waals surface area contributed by atoms with Crippen LogP contribution in [-0.2, 0) is 6.42 Å². The van der Waals surface area contributed by atoms with Crippen LogP contribution in [0.2, 0.25) is 0 Å². The lowest BCUT2D eigenvalue weighted by Gasteiger charge is -2.20. The quantitative estimate of drug-likeness (QED) is 0.774. The summed E-state index contributed by atoms with van der Waals surface area (Å²) in [7, 11) is 0. The Morgan fingerprint density at radius 2 is 1.92 bits per heavy atom. The van der Waals surface area contributed by atoms with E-state index in [0.717, 1.165) is 6.42 Å². The average molecular weight is 345 g/mol. The summed E-state index contributed by atoms with van der Waals surface area (Å²) in [6.45, 7) is 6.34. The summed E-state index contributed by atoms with van der Waals surface area (Å²) >= 11 is 1.67. The van der Waals surface area contributed by atoms with Gasteiger partial charge in [-0.25, -0.2) is 4.79 Å². The molecule has 0 fully saturated rings. The van der Waals surface area contributed by atoms with Crippen LogP contribution < -0.4 is 16.0 Å². The van der Waals surface area contributed by atoms with Crippen LogP contribution in [0.25, 0.3) is 0 Å².